The van der Waals surface area contributed by atoms with E-state index in [1.54, 1.807) is 6.08 Å². The highest BCUT2D eigenvalue weighted by atomic mass is 31.2. The van der Waals surface area contributed by atoms with Crippen molar-refractivity contribution in [3.05, 3.63) is 85.1 Å². The molecule has 3 N–H and O–H groups in total. The fourth-order valence-corrected chi connectivity index (χ4v) is 8.49. The zero-order valence-corrected chi connectivity index (χ0v) is 45.7. The second kappa shape index (κ2) is 49.7. The van der Waals surface area contributed by atoms with Crippen LogP contribution in [0.1, 0.15) is 232 Å². The molecule has 0 aromatic heterocycles. The van der Waals surface area contributed by atoms with Crippen LogP contribution < -0.4 is 5.32 Å². The average Bonchev–Trinajstić information content (AvgIpc) is 3.30. The van der Waals surface area contributed by atoms with Crippen molar-refractivity contribution in [3.63, 3.8) is 0 Å². The molecule has 394 valence electrons. The maximum Gasteiger partial charge on any atom is 0.472 e. The Kier molecular flexibility index (Phi) is 48.0. The number of hydrogen-bond acceptors (Lipinski definition) is 5. The first-order valence-electron chi connectivity index (χ1n) is 28.0. The van der Waals surface area contributed by atoms with E-state index in [1.807, 2.05) is 27.2 Å². The largest absolute Gasteiger partial charge is 0.472 e. The molecule has 0 heterocycles. The van der Waals surface area contributed by atoms with Gasteiger partial charge in [-0.3, -0.25) is 13.8 Å². The Morgan fingerprint density at radius 1 is 0.515 bits per heavy atom. The maximum atomic E-state index is 12.9. The van der Waals surface area contributed by atoms with Gasteiger partial charge in [0.1, 0.15) is 13.2 Å². The second-order valence-corrected chi connectivity index (χ2v) is 21.4. The van der Waals surface area contributed by atoms with Gasteiger partial charge in [-0.05, 0) is 70.6 Å². The number of rotatable bonds is 50. The number of unbranched alkanes of at least 4 members (excludes halogenated alkanes) is 25. The highest BCUT2D eigenvalue weighted by Crippen LogP contribution is 2.43. The third kappa shape index (κ3) is 51.5. The van der Waals surface area contributed by atoms with Gasteiger partial charge in [-0.25, -0.2) is 4.57 Å². The highest BCUT2D eigenvalue weighted by Gasteiger charge is 2.27. The molecule has 0 aromatic rings. The van der Waals surface area contributed by atoms with Crippen LogP contribution in [0.3, 0.4) is 0 Å². The van der Waals surface area contributed by atoms with E-state index in [2.05, 4.69) is 92.1 Å². The number of allylic oxidation sites excluding steroid dienone is 13. The van der Waals surface area contributed by atoms with Crippen LogP contribution in [0.15, 0.2) is 85.1 Å². The lowest BCUT2D eigenvalue weighted by molar-refractivity contribution is -0.870. The molecule has 3 atom stereocenters. The number of amides is 1. The van der Waals surface area contributed by atoms with Crippen molar-refractivity contribution < 1.29 is 32.9 Å². The summed E-state index contributed by atoms with van der Waals surface area (Å²) in [5.74, 6) is -0.181. The van der Waals surface area contributed by atoms with E-state index < -0.39 is 20.0 Å². The fourth-order valence-electron chi connectivity index (χ4n) is 7.75. The number of carbonyl (C=O) groups excluding carboxylic acids is 1. The number of hydrogen-bond donors (Lipinski definition) is 3. The minimum Gasteiger partial charge on any atom is -0.387 e. The number of nitrogens with zero attached hydrogens (tertiary/aromatic N) is 1. The van der Waals surface area contributed by atoms with Crippen molar-refractivity contribution >= 4 is 13.7 Å². The van der Waals surface area contributed by atoms with Gasteiger partial charge in [-0.2, -0.15) is 0 Å². The van der Waals surface area contributed by atoms with Gasteiger partial charge in [-0.1, -0.05) is 240 Å². The van der Waals surface area contributed by atoms with Crippen molar-refractivity contribution in [1.29, 1.82) is 0 Å². The summed E-state index contributed by atoms with van der Waals surface area (Å²) in [6, 6.07) is -0.849. The number of phosphoric acid groups is 1. The molecule has 0 saturated carbocycles. The summed E-state index contributed by atoms with van der Waals surface area (Å²) < 4.78 is 23.6. The number of phosphoric ester groups is 1. The SMILES string of the molecule is CC/C=C\C/C=C\C/C=C\C/C=C\C/C=C\C/C=C\CCCCCCCCCCCCCCCCC(=O)NC(COP(=O)(O)OCC[N+](C)(C)C)C(O)/C=C/CCCCCCCCCCCCC. The van der Waals surface area contributed by atoms with Crippen molar-refractivity contribution in [1.82, 2.24) is 5.32 Å². The van der Waals surface area contributed by atoms with E-state index >= 15 is 0 Å². The lowest BCUT2D eigenvalue weighted by atomic mass is 10.0. The Bertz CT molecular complexity index is 1380. The molecule has 0 aromatic carbocycles. The summed E-state index contributed by atoms with van der Waals surface area (Å²) in [4.78, 5) is 23.2. The zero-order valence-electron chi connectivity index (χ0n) is 44.8. The first-order valence-corrected chi connectivity index (χ1v) is 29.5. The molecule has 3 unspecified atom stereocenters. The summed E-state index contributed by atoms with van der Waals surface area (Å²) >= 11 is 0. The van der Waals surface area contributed by atoms with Gasteiger partial charge < -0.3 is 19.8 Å². The Labute approximate surface area is 420 Å². The molecule has 0 bridgehead atoms. The summed E-state index contributed by atoms with van der Waals surface area (Å²) in [6.45, 7) is 4.69. The molecule has 0 aliphatic carbocycles. The summed E-state index contributed by atoms with van der Waals surface area (Å²) in [5, 5.41) is 13.9. The van der Waals surface area contributed by atoms with Gasteiger partial charge >= 0.3 is 7.82 Å². The van der Waals surface area contributed by atoms with Gasteiger partial charge in [0.2, 0.25) is 5.91 Å². The van der Waals surface area contributed by atoms with Crippen LogP contribution >= 0.6 is 7.82 Å². The van der Waals surface area contributed by atoms with E-state index in [0.717, 1.165) is 77.0 Å². The first-order chi connectivity index (χ1) is 33.0. The smallest absolute Gasteiger partial charge is 0.387 e. The van der Waals surface area contributed by atoms with E-state index in [4.69, 9.17) is 9.05 Å². The lowest BCUT2D eigenvalue weighted by Crippen LogP contribution is -2.45. The Balaban J connectivity index is 4.09. The molecular formula is C59H108N2O6P+. The molecule has 9 heteroatoms. The molecule has 1 amide bonds. The average molecular weight is 972 g/mol. The second-order valence-electron chi connectivity index (χ2n) is 19.9. The Morgan fingerprint density at radius 2 is 0.882 bits per heavy atom. The van der Waals surface area contributed by atoms with Crippen LogP contribution in [0.4, 0.5) is 0 Å². The topological polar surface area (TPSA) is 105 Å². The standard InChI is InChI=1S/C59H107N2O6P/c1-6-8-10-12-14-16-18-20-21-22-23-24-25-26-27-28-29-30-31-32-33-34-35-36-37-38-39-41-43-45-47-49-51-53-59(63)60-57(56-67-68(64,65)66-55-54-61(3,4)5)58(62)52-50-48-46-44-42-40-19-17-15-13-11-9-7-2/h8,10,14,16,20-21,23-24,26-27,29-30,50,52,57-58,62H,6-7,9,11-13,15,17-19,22,25,28,31-49,51,53-56H2,1-5H3,(H-,60,63,64,65)/p+1/b10-8-,16-14-,21-20-,24-23-,27-26-,30-29-,52-50+. The Morgan fingerprint density at radius 3 is 1.29 bits per heavy atom. The molecule has 8 nitrogen and oxygen atoms in total. The number of aliphatic hydroxyl groups excluding tert-OH is 1. The van der Waals surface area contributed by atoms with Crippen LogP contribution in [0.2, 0.25) is 0 Å². The van der Waals surface area contributed by atoms with Crippen LogP contribution in [-0.2, 0) is 18.4 Å². The predicted molar refractivity (Wildman–Crippen MR) is 295 cm³/mol. The molecule has 68 heavy (non-hydrogen) atoms. The van der Waals surface area contributed by atoms with E-state index in [0.29, 0.717) is 17.4 Å². The van der Waals surface area contributed by atoms with Crippen LogP contribution in [0.5, 0.6) is 0 Å². The van der Waals surface area contributed by atoms with Crippen LogP contribution in [0.25, 0.3) is 0 Å². The minimum absolute atomic E-state index is 0.0590. The molecule has 0 fully saturated rings. The highest BCUT2D eigenvalue weighted by molar-refractivity contribution is 7.47. The quantitative estimate of drug-likeness (QED) is 0.0243. The maximum absolute atomic E-state index is 12.9. The molecule has 0 radical (unpaired) electrons. The Hall–Kier alpha value is -2.32. The van der Waals surface area contributed by atoms with Gasteiger partial charge in [0.15, 0.2) is 0 Å². The van der Waals surface area contributed by atoms with E-state index in [1.165, 1.54) is 135 Å². The third-order valence-electron chi connectivity index (χ3n) is 12.1. The first kappa shape index (κ1) is 65.7. The minimum atomic E-state index is -4.34. The zero-order chi connectivity index (χ0) is 49.9. The van der Waals surface area contributed by atoms with Gasteiger partial charge in [0.05, 0.1) is 39.9 Å². The monoisotopic (exact) mass is 972 g/mol. The van der Waals surface area contributed by atoms with Crippen LogP contribution in [-0.4, -0.2) is 73.4 Å². The summed E-state index contributed by atoms with van der Waals surface area (Å²) in [6.07, 6.45) is 69.6. The van der Waals surface area contributed by atoms with Gasteiger partial charge in [-0.15, -0.1) is 0 Å². The van der Waals surface area contributed by atoms with Crippen LogP contribution in [0, 0.1) is 0 Å². The molecule has 0 aliphatic heterocycles. The summed E-state index contributed by atoms with van der Waals surface area (Å²) in [5.41, 5.74) is 0. The number of quaternary nitrogens is 1. The molecule has 0 rings (SSSR count). The van der Waals surface area contributed by atoms with Crippen molar-refractivity contribution in [2.45, 2.75) is 244 Å². The van der Waals surface area contributed by atoms with E-state index in [-0.39, 0.29) is 19.1 Å². The number of likely N-dealkylation sites (N-methyl/N-ethyl adjacent to an activating group) is 1. The molecule has 0 aliphatic rings. The van der Waals surface area contributed by atoms with E-state index in [9.17, 15) is 19.4 Å². The fraction of sp³-hybridized carbons (Fsp3) is 0.746. The lowest BCUT2D eigenvalue weighted by Gasteiger charge is -2.25. The molecular weight excluding hydrogens is 864 g/mol. The summed E-state index contributed by atoms with van der Waals surface area (Å²) in [7, 11) is 1.57. The number of nitrogens with one attached hydrogen (secondary N) is 1. The molecule has 0 spiro atoms. The van der Waals surface area contributed by atoms with Gasteiger partial charge in [0.25, 0.3) is 0 Å². The van der Waals surface area contributed by atoms with Crippen molar-refractivity contribution in [2.75, 3.05) is 40.9 Å². The number of aliphatic hydroxyl groups is 1. The molecule has 0 saturated heterocycles. The van der Waals surface area contributed by atoms with Crippen molar-refractivity contribution in [3.8, 4) is 0 Å². The predicted octanol–water partition coefficient (Wildman–Crippen LogP) is 16.9. The number of carbonyl (C=O) groups is 1. The third-order valence-corrected chi connectivity index (χ3v) is 13.1. The van der Waals surface area contributed by atoms with Crippen molar-refractivity contribution in [2.24, 2.45) is 0 Å². The normalized spacial score (nSPS) is 14.6. The van der Waals surface area contributed by atoms with Gasteiger partial charge in [0, 0.05) is 6.42 Å².